The number of carbonyl (C=O) groups is 2. The summed E-state index contributed by atoms with van der Waals surface area (Å²) in [6, 6.07) is 7.54. The molecular formula is C36H61N3O8S2. The van der Waals surface area contributed by atoms with E-state index >= 15 is 0 Å². The number of amides is 2. The zero-order valence-corrected chi connectivity index (χ0v) is 32.6. The van der Waals surface area contributed by atoms with Gasteiger partial charge in [0.2, 0.25) is 5.91 Å². The van der Waals surface area contributed by atoms with Gasteiger partial charge in [0, 0.05) is 35.4 Å². The Hall–Kier alpha value is -2.02. The highest BCUT2D eigenvalue weighted by Crippen LogP contribution is 2.44. The van der Waals surface area contributed by atoms with Gasteiger partial charge in [-0.2, -0.15) is 0 Å². The van der Waals surface area contributed by atoms with Crippen LogP contribution in [0.25, 0.3) is 0 Å². The molecule has 3 N–H and O–H groups in total. The van der Waals surface area contributed by atoms with Gasteiger partial charge in [0.15, 0.2) is 4.93 Å². The van der Waals surface area contributed by atoms with E-state index in [-0.39, 0.29) is 48.9 Å². The van der Waals surface area contributed by atoms with Crippen LogP contribution in [0.3, 0.4) is 0 Å². The summed E-state index contributed by atoms with van der Waals surface area (Å²) in [4.78, 5) is 24.0. The molecule has 0 aliphatic carbocycles. The SMILES string of the molecule is CC(C)C#CCNC(=O)COCCO[C@](C)(COc1cccc(C(=O)NCCOCCOCCOCCCNC(C)C)c1)SSC(C)(C)C. The van der Waals surface area contributed by atoms with Gasteiger partial charge in [-0.1, -0.05) is 88.0 Å². The summed E-state index contributed by atoms with van der Waals surface area (Å²) in [5.41, 5.74) is 0.488. The topological polar surface area (TPSA) is 126 Å². The molecule has 2 amide bonds. The molecule has 0 heterocycles. The highest BCUT2D eigenvalue weighted by atomic mass is 33.1. The van der Waals surface area contributed by atoms with Crippen molar-refractivity contribution in [2.45, 2.75) is 77.5 Å². The fraction of sp³-hybridized carbons (Fsp3) is 0.722. The van der Waals surface area contributed by atoms with Crippen molar-refractivity contribution >= 4 is 33.4 Å². The number of ether oxygens (including phenoxy) is 6. The van der Waals surface area contributed by atoms with Gasteiger partial charge in [-0.3, -0.25) is 9.59 Å². The lowest BCUT2D eigenvalue weighted by atomic mass is 10.2. The molecule has 0 radical (unpaired) electrons. The standard InChI is InChI=1S/C36H61N3O8S2/c1-29(2)12-10-15-38-33(40)27-45-24-25-47-36(8,49-48-35(5,6)7)28-46-32-14-9-13-31(26-32)34(41)39-17-19-43-21-23-44-22-20-42-18-11-16-37-30(3)4/h9,13-14,26,29-30,37H,11,15-25,27-28H2,1-8H3,(H,38,40)(H,39,41)/t36-/m0/s1. The zero-order chi connectivity index (χ0) is 36.4. The van der Waals surface area contributed by atoms with Crippen LogP contribution in [-0.4, -0.2) is 113 Å². The second kappa shape index (κ2) is 26.7. The molecule has 49 heavy (non-hydrogen) atoms. The lowest BCUT2D eigenvalue weighted by Gasteiger charge is -2.31. The maximum Gasteiger partial charge on any atom is 0.251 e. The molecule has 0 unspecified atom stereocenters. The van der Waals surface area contributed by atoms with E-state index < -0.39 is 4.93 Å². The van der Waals surface area contributed by atoms with Gasteiger partial charge in [-0.15, -0.1) is 0 Å². The first-order valence-corrected chi connectivity index (χ1v) is 19.3. The van der Waals surface area contributed by atoms with Crippen molar-refractivity contribution in [1.82, 2.24) is 16.0 Å². The average molecular weight is 728 g/mol. The van der Waals surface area contributed by atoms with E-state index in [1.165, 1.54) is 0 Å². The molecule has 0 saturated heterocycles. The summed E-state index contributed by atoms with van der Waals surface area (Å²) in [7, 11) is 3.27. The third-order valence-corrected chi connectivity index (χ3v) is 9.97. The molecule has 1 aromatic carbocycles. The van der Waals surface area contributed by atoms with Crippen molar-refractivity contribution in [2.75, 3.05) is 85.7 Å². The number of benzene rings is 1. The van der Waals surface area contributed by atoms with Crippen LogP contribution in [0.2, 0.25) is 0 Å². The van der Waals surface area contributed by atoms with Crippen LogP contribution in [0.4, 0.5) is 0 Å². The highest BCUT2D eigenvalue weighted by Gasteiger charge is 2.30. The summed E-state index contributed by atoms with van der Waals surface area (Å²) in [5.74, 6) is 6.30. The van der Waals surface area contributed by atoms with E-state index in [2.05, 4.69) is 62.4 Å². The maximum atomic E-state index is 12.8. The molecule has 1 aromatic rings. The Morgan fingerprint density at radius 1 is 0.816 bits per heavy atom. The Bertz CT molecular complexity index is 1110. The number of hydrogen-bond donors (Lipinski definition) is 3. The minimum atomic E-state index is -0.715. The van der Waals surface area contributed by atoms with Crippen LogP contribution < -0.4 is 20.7 Å². The van der Waals surface area contributed by atoms with Crippen molar-refractivity contribution in [1.29, 1.82) is 0 Å². The molecule has 0 spiro atoms. The van der Waals surface area contributed by atoms with Crippen molar-refractivity contribution in [3.05, 3.63) is 29.8 Å². The van der Waals surface area contributed by atoms with E-state index in [4.69, 9.17) is 28.4 Å². The first-order chi connectivity index (χ1) is 23.3. The molecule has 0 aliphatic heterocycles. The quantitative estimate of drug-likeness (QED) is 0.0494. The Kier molecular flexibility index (Phi) is 24.6. The monoisotopic (exact) mass is 727 g/mol. The molecular weight excluding hydrogens is 667 g/mol. The van der Waals surface area contributed by atoms with Gasteiger partial charge >= 0.3 is 0 Å². The Balaban J connectivity index is 2.38. The third-order valence-electron chi connectivity index (χ3n) is 5.99. The first kappa shape index (κ1) is 45.0. The third kappa shape index (κ3) is 26.5. The van der Waals surface area contributed by atoms with Gasteiger partial charge in [0.05, 0.1) is 52.8 Å². The second-order valence-corrected chi connectivity index (χ2v) is 16.4. The summed E-state index contributed by atoms with van der Waals surface area (Å²) in [6.07, 6.45) is 0.978. The number of carbonyl (C=O) groups excluding carboxylic acids is 2. The molecule has 1 atom stereocenters. The van der Waals surface area contributed by atoms with Crippen molar-refractivity contribution in [3.8, 4) is 17.6 Å². The van der Waals surface area contributed by atoms with E-state index in [1.807, 2.05) is 26.8 Å². The number of rotatable bonds is 27. The smallest absolute Gasteiger partial charge is 0.251 e. The minimum Gasteiger partial charge on any atom is -0.490 e. The van der Waals surface area contributed by atoms with Gasteiger partial charge in [-0.25, -0.2) is 0 Å². The summed E-state index contributed by atoms with van der Waals surface area (Å²) in [5, 5.41) is 8.95. The molecule has 0 aromatic heterocycles. The lowest BCUT2D eigenvalue weighted by Crippen LogP contribution is -2.34. The van der Waals surface area contributed by atoms with Crippen molar-refractivity contribution in [2.24, 2.45) is 5.92 Å². The summed E-state index contributed by atoms with van der Waals surface area (Å²) in [6.45, 7) is 22.0. The molecule has 0 fully saturated rings. The Morgan fingerprint density at radius 2 is 1.49 bits per heavy atom. The first-order valence-electron chi connectivity index (χ1n) is 17.1. The minimum absolute atomic E-state index is 0.00329. The average Bonchev–Trinajstić information content (AvgIpc) is 3.04. The van der Waals surface area contributed by atoms with Crippen LogP contribution in [0.1, 0.15) is 72.2 Å². The van der Waals surface area contributed by atoms with Gasteiger partial charge < -0.3 is 44.4 Å². The second-order valence-electron chi connectivity index (χ2n) is 12.9. The van der Waals surface area contributed by atoms with E-state index in [1.54, 1.807) is 39.8 Å². The van der Waals surface area contributed by atoms with Crippen LogP contribution in [0.15, 0.2) is 24.3 Å². The van der Waals surface area contributed by atoms with E-state index in [0.717, 1.165) is 13.0 Å². The van der Waals surface area contributed by atoms with Gasteiger partial charge in [0.25, 0.3) is 5.91 Å². The maximum absolute atomic E-state index is 12.8. The predicted octanol–water partition coefficient (Wildman–Crippen LogP) is 4.94. The summed E-state index contributed by atoms with van der Waals surface area (Å²) >= 11 is 0. The number of nitrogens with one attached hydrogen (secondary N) is 3. The normalized spacial score (nSPS) is 12.8. The molecule has 0 bridgehead atoms. The fourth-order valence-electron chi connectivity index (χ4n) is 3.62. The molecule has 13 heteroatoms. The van der Waals surface area contributed by atoms with Gasteiger partial charge in [0.1, 0.15) is 19.0 Å². The van der Waals surface area contributed by atoms with Crippen LogP contribution >= 0.6 is 21.6 Å². The Labute approximate surface area is 303 Å². The zero-order valence-electron chi connectivity index (χ0n) is 30.9. The van der Waals surface area contributed by atoms with E-state index in [9.17, 15) is 9.59 Å². The summed E-state index contributed by atoms with van der Waals surface area (Å²) < 4.78 is 34.5. The molecule has 0 aliphatic rings. The Morgan fingerprint density at radius 3 is 2.16 bits per heavy atom. The van der Waals surface area contributed by atoms with Crippen LogP contribution in [0, 0.1) is 17.8 Å². The molecule has 0 saturated carbocycles. The van der Waals surface area contributed by atoms with Gasteiger partial charge in [-0.05, 0) is 38.1 Å². The van der Waals surface area contributed by atoms with Crippen molar-refractivity contribution in [3.63, 3.8) is 0 Å². The fourth-order valence-corrected chi connectivity index (χ4v) is 5.85. The lowest BCUT2D eigenvalue weighted by molar-refractivity contribution is -0.126. The predicted molar refractivity (Wildman–Crippen MR) is 200 cm³/mol. The highest BCUT2D eigenvalue weighted by molar-refractivity contribution is 8.77. The number of hydrogen-bond acceptors (Lipinski definition) is 11. The molecule has 280 valence electrons. The van der Waals surface area contributed by atoms with Crippen LogP contribution in [-0.2, 0) is 28.5 Å². The van der Waals surface area contributed by atoms with E-state index in [0.29, 0.717) is 70.1 Å². The van der Waals surface area contributed by atoms with Crippen LogP contribution in [0.5, 0.6) is 5.75 Å². The molecule has 11 nitrogen and oxygen atoms in total. The van der Waals surface area contributed by atoms with Crippen molar-refractivity contribution < 1.29 is 38.0 Å². The molecule has 1 rings (SSSR count). The largest absolute Gasteiger partial charge is 0.490 e.